The lowest BCUT2D eigenvalue weighted by molar-refractivity contribution is -0.188. The van der Waals surface area contributed by atoms with Crippen molar-refractivity contribution in [3.63, 3.8) is 0 Å². The maximum absolute atomic E-state index is 13.0. The molecule has 0 aliphatic heterocycles. The predicted octanol–water partition coefficient (Wildman–Crippen LogP) is 5.18. The lowest BCUT2D eigenvalue weighted by Gasteiger charge is -2.38. The van der Waals surface area contributed by atoms with Crippen LogP contribution < -0.4 is 0 Å². The molecular formula is C13H19F5. The summed E-state index contributed by atoms with van der Waals surface area (Å²) < 4.78 is 64.1. The van der Waals surface area contributed by atoms with Crippen LogP contribution in [0.4, 0.5) is 22.0 Å². The van der Waals surface area contributed by atoms with Crippen molar-refractivity contribution in [3.05, 3.63) is 0 Å². The molecule has 5 heteroatoms. The van der Waals surface area contributed by atoms with Gasteiger partial charge in [-0.3, -0.25) is 0 Å². The van der Waals surface area contributed by atoms with E-state index in [-0.39, 0.29) is 37.5 Å². The fraction of sp³-hybridized carbons (Fsp3) is 1.00. The van der Waals surface area contributed by atoms with Crippen molar-refractivity contribution in [1.29, 1.82) is 0 Å². The zero-order valence-electron chi connectivity index (χ0n) is 10.3. The number of halogens is 5. The van der Waals surface area contributed by atoms with E-state index in [1.165, 1.54) is 0 Å². The van der Waals surface area contributed by atoms with Crippen LogP contribution in [0, 0.1) is 17.8 Å². The molecule has 0 aromatic heterocycles. The maximum atomic E-state index is 13.0. The summed E-state index contributed by atoms with van der Waals surface area (Å²) in [5.41, 5.74) is 0. The summed E-state index contributed by atoms with van der Waals surface area (Å²) in [5, 5.41) is 0. The molecule has 2 saturated carbocycles. The highest BCUT2D eigenvalue weighted by atomic mass is 19.4. The summed E-state index contributed by atoms with van der Waals surface area (Å²) in [6, 6.07) is 0. The third-order valence-corrected chi connectivity index (χ3v) is 4.61. The number of alkyl halides is 5. The standard InChI is InChI=1S/C13H19F5/c14-12(15)6-4-9(5-7-12)10-2-1-3-11(8-10)13(16,17)18/h9-11H,1-8H2. The Bertz CT molecular complexity index is 274. The molecule has 0 bridgehead atoms. The van der Waals surface area contributed by atoms with Crippen LogP contribution >= 0.6 is 0 Å². The van der Waals surface area contributed by atoms with Crippen LogP contribution in [0.15, 0.2) is 0 Å². The molecule has 0 saturated heterocycles. The summed E-state index contributed by atoms with van der Waals surface area (Å²) in [4.78, 5) is 0. The molecule has 2 aliphatic rings. The highest BCUT2D eigenvalue weighted by Gasteiger charge is 2.45. The average Bonchev–Trinajstić information content (AvgIpc) is 2.28. The Labute approximate surface area is 104 Å². The van der Waals surface area contributed by atoms with E-state index in [2.05, 4.69) is 0 Å². The van der Waals surface area contributed by atoms with Crippen molar-refractivity contribution >= 4 is 0 Å². The Hall–Kier alpha value is -0.350. The SMILES string of the molecule is FC1(F)CCC(C2CCCC(C(F)(F)F)C2)CC1. The average molecular weight is 270 g/mol. The molecule has 18 heavy (non-hydrogen) atoms. The minimum atomic E-state index is -4.11. The highest BCUT2D eigenvalue weighted by molar-refractivity contribution is 4.86. The fourth-order valence-electron chi connectivity index (χ4n) is 3.49. The van der Waals surface area contributed by atoms with E-state index < -0.39 is 18.0 Å². The van der Waals surface area contributed by atoms with Gasteiger partial charge in [-0.15, -0.1) is 0 Å². The molecule has 2 rings (SSSR count). The lowest BCUT2D eigenvalue weighted by atomic mass is 9.69. The van der Waals surface area contributed by atoms with Crippen molar-refractivity contribution in [2.45, 2.75) is 63.5 Å². The summed E-state index contributed by atoms with van der Waals surface area (Å²) in [6.07, 6.45) is -1.90. The van der Waals surface area contributed by atoms with Gasteiger partial charge in [-0.25, -0.2) is 8.78 Å². The first-order chi connectivity index (χ1) is 8.28. The zero-order valence-corrected chi connectivity index (χ0v) is 10.3. The van der Waals surface area contributed by atoms with E-state index >= 15 is 0 Å². The Morgan fingerprint density at radius 2 is 1.44 bits per heavy atom. The molecule has 2 aliphatic carbocycles. The first kappa shape index (κ1) is 14.1. The topological polar surface area (TPSA) is 0 Å². The third kappa shape index (κ3) is 3.35. The largest absolute Gasteiger partial charge is 0.391 e. The quantitative estimate of drug-likeness (QED) is 0.576. The third-order valence-electron chi connectivity index (χ3n) is 4.61. The smallest absolute Gasteiger partial charge is 0.207 e. The summed E-state index contributed by atoms with van der Waals surface area (Å²) in [7, 11) is 0. The first-order valence-electron chi connectivity index (χ1n) is 6.72. The molecule has 0 aromatic rings. The fourth-order valence-corrected chi connectivity index (χ4v) is 3.49. The molecule has 2 atom stereocenters. The monoisotopic (exact) mass is 270 g/mol. The summed E-state index contributed by atoms with van der Waals surface area (Å²) in [6.45, 7) is 0. The first-order valence-corrected chi connectivity index (χ1v) is 6.72. The van der Waals surface area contributed by atoms with E-state index in [0.29, 0.717) is 19.3 Å². The van der Waals surface area contributed by atoms with Gasteiger partial charge >= 0.3 is 6.18 Å². The van der Waals surface area contributed by atoms with Crippen LogP contribution in [0.1, 0.15) is 51.4 Å². The van der Waals surface area contributed by atoms with E-state index in [0.717, 1.165) is 6.42 Å². The van der Waals surface area contributed by atoms with Gasteiger partial charge < -0.3 is 0 Å². The Kier molecular flexibility index (Phi) is 3.88. The van der Waals surface area contributed by atoms with Crippen molar-refractivity contribution in [1.82, 2.24) is 0 Å². The van der Waals surface area contributed by atoms with Crippen LogP contribution in [0.2, 0.25) is 0 Å². The molecule has 0 N–H and O–H groups in total. The molecule has 2 fully saturated rings. The van der Waals surface area contributed by atoms with Crippen LogP contribution in [-0.2, 0) is 0 Å². The second kappa shape index (κ2) is 4.97. The van der Waals surface area contributed by atoms with Gasteiger partial charge in [0.1, 0.15) is 0 Å². The summed E-state index contributed by atoms with van der Waals surface area (Å²) in [5.74, 6) is -3.72. The van der Waals surface area contributed by atoms with Gasteiger partial charge in [0.15, 0.2) is 0 Å². The van der Waals surface area contributed by atoms with E-state index in [4.69, 9.17) is 0 Å². The van der Waals surface area contributed by atoms with Crippen molar-refractivity contribution in [3.8, 4) is 0 Å². The van der Waals surface area contributed by atoms with Crippen molar-refractivity contribution in [2.24, 2.45) is 17.8 Å². The molecule has 0 nitrogen and oxygen atoms in total. The molecule has 0 heterocycles. The minimum Gasteiger partial charge on any atom is -0.207 e. The second-order valence-corrected chi connectivity index (χ2v) is 5.86. The Morgan fingerprint density at radius 1 is 0.833 bits per heavy atom. The molecular weight excluding hydrogens is 251 g/mol. The van der Waals surface area contributed by atoms with E-state index in [1.54, 1.807) is 0 Å². The van der Waals surface area contributed by atoms with Gasteiger partial charge in [0.25, 0.3) is 0 Å². The summed E-state index contributed by atoms with van der Waals surface area (Å²) >= 11 is 0. The highest BCUT2D eigenvalue weighted by Crippen LogP contribution is 2.47. The van der Waals surface area contributed by atoms with E-state index in [1.807, 2.05) is 0 Å². The van der Waals surface area contributed by atoms with Gasteiger partial charge in [0.2, 0.25) is 5.92 Å². The predicted molar refractivity (Wildman–Crippen MR) is 58.4 cm³/mol. The van der Waals surface area contributed by atoms with E-state index in [9.17, 15) is 22.0 Å². The molecule has 0 amide bonds. The van der Waals surface area contributed by atoms with Gasteiger partial charge in [0, 0.05) is 12.8 Å². The molecule has 0 spiro atoms. The van der Waals surface area contributed by atoms with Gasteiger partial charge in [-0.2, -0.15) is 13.2 Å². The number of hydrogen-bond donors (Lipinski definition) is 0. The second-order valence-electron chi connectivity index (χ2n) is 5.86. The van der Waals surface area contributed by atoms with Gasteiger partial charge in [-0.1, -0.05) is 12.8 Å². The molecule has 0 aromatic carbocycles. The van der Waals surface area contributed by atoms with Crippen LogP contribution in [0.25, 0.3) is 0 Å². The van der Waals surface area contributed by atoms with Gasteiger partial charge in [-0.05, 0) is 37.5 Å². The molecule has 106 valence electrons. The normalized spacial score (nSPS) is 34.5. The maximum Gasteiger partial charge on any atom is 0.391 e. The van der Waals surface area contributed by atoms with Crippen LogP contribution in [0.5, 0.6) is 0 Å². The molecule has 0 radical (unpaired) electrons. The van der Waals surface area contributed by atoms with Crippen molar-refractivity contribution in [2.75, 3.05) is 0 Å². The van der Waals surface area contributed by atoms with Crippen LogP contribution in [-0.4, -0.2) is 12.1 Å². The Morgan fingerprint density at radius 3 is 2.00 bits per heavy atom. The van der Waals surface area contributed by atoms with Crippen molar-refractivity contribution < 1.29 is 22.0 Å². The number of rotatable bonds is 1. The number of hydrogen-bond acceptors (Lipinski definition) is 0. The van der Waals surface area contributed by atoms with Crippen LogP contribution in [0.3, 0.4) is 0 Å². The Balaban J connectivity index is 1.90. The lowest BCUT2D eigenvalue weighted by Crippen LogP contribution is -2.34. The minimum absolute atomic E-state index is 0.00137. The zero-order chi connectivity index (χ0) is 13.4. The van der Waals surface area contributed by atoms with Gasteiger partial charge in [0.05, 0.1) is 5.92 Å². The molecule has 2 unspecified atom stereocenters.